The summed E-state index contributed by atoms with van der Waals surface area (Å²) in [5.74, 6) is -2.56. The number of carbonyl (C=O) groups is 2. The number of carbonyl (C=O) groups excluding carboxylic acids is 1. The lowest BCUT2D eigenvalue weighted by Gasteiger charge is -2.28. The van der Waals surface area contributed by atoms with E-state index in [1.807, 2.05) is 0 Å². The van der Waals surface area contributed by atoms with Crippen molar-refractivity contribution in [3.63, 3.8) is 0 Å². The van der Waals surface area contributed by atoms with E-state index in [-0.39, 0.29) is 5.91 Å². The smallest absolute Gasteiger partial charge is 0.310 e. The third kappa shape index (κ3) is 2.16. The third-order valence-electron chi connectivity index (χ3n) is 4.27. The van der Waals surface area contributed by atoms with Gasteiger partial charge in [0.1, 0.15) is 11.7 Å². The van der Waals surface area contributed by atoms with E-state index in [4.69, 9.17) is 9.47 Å². The van der Waals surface area contributed by atoms with Crippen LogP contribution in [0.2, 0.25) is 0 Å². The van der Waals surface area contributed by atoms with E-state index in [1.54, 1.807) is 43.3 Å². The Hall–Kier alpha value is -2.34. The predicted molar refractivity (Wildman–Crippen MR) is 78.7 cm³/mol. The maximum Gasteiger partial charge on any atom is 0.310 e. The van der Waals surface area contributed by atoms with Crippen molar-refractivity contribution in [3.05, 3.63) is 36.4 Å². The molecule has 2 heterocycles. The number of anilines is 1. The Labute approximate surface area is 127 Å². The Morgan fingerprint density at radius 1 is 1.36 bits per heavy atom. The van der Waals surface area contributed by atoms with Gasteiger partial charge in [-0.05, 0) is 19.1 Å². The standard InChI is InChI=1S/C16H17NO5/c1-16-8-7-11(22-16)12(15(19)20)13(16)14(18)17-9-5-3-4-6-10(9)21-2/h3-8,11-13H,1-2H3,(H,17,18)(H,19,20)/t11-,12-,13+,16-/m1/s1. The minimum Gasteiger partial charge on any atom is -0.495 e. The van der Waals surface area contributed by atoms with Crippen molar-refractivity contribution in [1.82, 2.24) is 0 Å². The molecule has 2 aliphatic rings. The van der Waals surface area contributed by atoms with Crippen LogP contribution in [0.3, 0.4) is 0 Å². The Kier molecular flexibility index (Phi) is 3.41. The number of methoxy groups -OCH3 is 1. The molecule has 0 aromatic heterocycles. The molecule has 116 valence electrons. The van der Waals surface area contributed by atoms with E-state index in [9.17, 15) is 14.7 Å². The molecular weight excluding hydrogens is 286 g/mol. The van der Waals surface area contributed by atoms with Crippen molar-refractivity contribution in [2.45, 2.75) is 18.6 Å². The summed E-state index contributed by atoms with van der Waals surface area (Å²) >= 11 is 0. The molecule has 2 N–H and O–H groups in total. The van der Waals surface area contributed by atoms with E-state index < -0.39 is 29.5 Å². The van der Waals surface area contributed by atoms with Crippen LogP contribution in [-0.4, -0.2) is 35.8 Å². The number of hydrogen-bond donors (Lipinski definition) is 2. The van der Waals surface area contributed by atoms with E-state index in [2.05, 4.69) is 5.32 Å². The van der Waals surface area contributed by atoms with Gasteiger partial charge in [-0.25, -0.2) is 0 Å². The number of hydrogen-bond acceptors (Lipinski definition) is 4. The Morgan fingerprint density at radius 3 is 2.77 bits per heavy atom. The van der Waals surface area contributed by atoms with Gasteiger partial charge in [0.05, 0.1) is 30.4 Å². The predicted octanol–water partition coefficient (Wildman–Crippen LogP) is 1.68. The van der Waals surface area contributed by atoms with Crippen LogP contribution in [0, 0.1) is 11.8 Å². The van der Waals surface area contributed by atoms with Gasteiger partial charge in [-0.2, -0.15) is 0 Å². The van der Waals surface area contributed by atoms with Crippen LogP contribution in [0.25, 0.3) is 0 Å². The fourth-order valence-corrected chi connectivity index (χ4v) is 3.24. The molecule has 6 heteroatoms. The lowest BCUT2D eigenvalue weighted by atomic mass is 9.75. The van der Waals surface area contributed by atoms with Crippen LogP contribution in [0.4, 0.5) is 5.69 Å². The zero-order chi connectivity index (χ0) is 15.9. The minimum absolute atomic E-state index is 0.383. The summed E-state index contributed by atoms with van der Waals surface area (Å²) in [5, 5.41) is 12.2. The van der Waals surface area contributed by atoms with E-state index >= 15 is 0 Å². The SMILES string of the molecule is COc1ccccc1NC(=O)[C@@H]1[C@H](C(=O)O)[C@H]2C=C[C@@]1(C)O2. The molecule has 0 unspecified atom stereocenters. The van der Waals surface area contributed by atoms with Crippen molar-refractivity contribution >= 4 is 17.6 Å². The van der Waals surface area contributed by atoms with Crippen LogP contribution in [0.1, 0.15) is 6.92 Å². The topological polar surface area (TPSA) is 84.9 Å². The number of carboxylic acids is 1. The molecule has 1 fully saturated rings. The zero-order valence-corrected chi connectivity index (χ0v) is 12.3. The van der Waals surface area contributed by atoms with Gasteiger partial charge in [0.15, 0.2) is 0 Å². The van der Waals surface area contributed by atoms with Gasteiger partial charge in [0.25, 0.3) is 0 Å². The number of amides is 1. The number of ether oxygens (including phenoxy) is 2. The van der Waals surface area contributed by atoms with E-state index in [0.29, 0.717) is 11.4 Å². The average molecular weight is 303 g/mol. The summed E-state index contributed by atoms with van der Waals surface area (Å²) in [5.41, 5.74) is -0.380. The molecule has 1 saturated heterocycles. The largest absolute Gasteiger partial charge is 0.495 e. The van der Waals surface area contributed by atoms with Crippen molar-refractivity contribution in [3.8, 4) is 5.75 Å². The van der Waals surface area contributed by atoms with E-state index in [1.165, 1.54) is 7.11 Å². The normalized spacial score (nSPS) is 32.0. The molecule has 22 heavy (non-hydrogen) atoms. The molecule has 2 bridgehead atoms. The third-order valence-corrected chi connectivity index (χ3v) is 4.27. The second-order valence-corrected chi connectivity index (χ2v) is 5.66. The first-order valence-corrected chi connectivity index (χ1v) is 7.00. The van der Waals surface area contributed by atoms with Gasteiger partial charge < -0.3 is 19.9 Å². The fraction of sp³-hybridized carbons (Fsp3) is 0.375. The number of fused-ring (bicyclic) bond motifs is 2. The molecule has 3 rings (SSSR count). The van der Waals surface area contributed by atoms with Crippen molar-refractivity contribution in [1.29, 1.82) is 0 Å². The first-order valence-electron chi connectivity index (χ1n) is 7.00. The average Bonchev–Trinajstić information content (AvgIpc) is 3.00. The number of nitrogens with one attached hydrogen (secondary N) is 1. The maximum atomic E-state index is 12.6. The highest BCUT2D eigenvalue weighted by Crippen LogP contribution is 2.47. The fourth-order valence-electron chi connectivity index (χ4n) is 3.24. The molecular formula is C16H17NO5. The van der Waals surface area contributed by atoms with Crippen LogP contribution in [0.15, 0.2) is 36.4 Å². The summed E-state index contributed by atoms with van der Waals surface area (Å²) < 4.78 is 10.9. The van der Waals surface area contributed by atoms with Gasteiger partial charge in [0, 0.05) is 0 Å². The summed E-state index contributed by atoms with van der Waals surface area (Å²) in [6, 6.07) is 6.99. The van der Waals surface area contributed by atoms with Gasteiger partial charge in [-0.1, -0.05) is 24.3 Å². The van der Waals surface area contributed by atoms with Crippen molar-refractivity contribution < 1.29 is 24.2 Å². The number of aliphatic carboxylic acids is 1. The maximum absolute atomic E-state index is 12.6. The molecule has 0 radical (unpaired) electrons. The highest BCUT2D eigenvalue weighted by atomic mass is 16.5. The second-order valence-electron chi connectivity index (χ2n) is 5.66. The van der Waals surface area contributed by atoms with Crippen LogP contribution < -0.4 is 10.1 Å². The second kappa shape index (κ2) is 5.14. The molecule has 6 nitrogen and oxygen atoms in total. The molecule has 2 aliphatic heterocycles. The number of carboxylic acid groups (broad SMARTS) is 1. The molecule has 0 aliphatic carbocycles. The van der Waals surface area contributed by atoms with Crippen LogP contribution in [-0.2, 0) is 14.3 Å². The quantitative estimate of drug-likeness (QED) is 0.827. The molecule has 1 aromatic rings. The van der Waals surface area contributed by atoms with Crippen LogP contribution in [0.5, 0.6) is 5.75 Å². The van der Waals surface area contributed by atoms with Gasteiger partial charge >= 0.3 is 5.97 Å². The summed E-state index contributed by atoms with van der Waals surface area (Å²) in [6.45, 7) is 1.74. The Bertz CT molecular complexity index is 656. The highest BCUT2D eigenvalue weighted by molar-refractivity contribution is 5.98. The van der Waals surface area contributed by atoms with Crippen molar-refractivity contribution in [2.75, 3.05) is 12.4 Å². The Balaban J connectivity index is 1.88. The molecule has 0 spiro atoms. The number of para-hydroxylation sites is 2. The van der Waals surface area contributed by atoms with Crippen molar-refractivity contribution in [2.24, 2.45) is 11.8 Å². The summed E-state index contributed by atoms with van der Waals surface area (Å²) in [4.78, 5) is 24.2. The first-order chi connectivity index (χ1) is 10.5. The van der Waals surface area contributed by atoms with E-state index in [0.717, 1.165) is 0 Å². The molecule has 0 saturated carbocycles. The zero-order valence-electron chi connectivity index (χ0n) is 12.3. The Morgan fingerprint density at radius 2 is 2.09 bits per heavy atom. The van der Waals surface area contributed by atoms with Gasteiger partial charge in [-0.3, -0.25) is 9.59 Å². The molecule has 1 aromatic carbocycles. The van der Waals surface area contributed by atoms with Gasteiger partial charge in [-0.15, -0.1) is 0 Å². The summed E-state index contributed by atoms with van der Waals surface area (Å²) in [6.07, 6.45) is 2.92. The summed E-state index contributed by atoms with van der Waals surface area (Å²) in [7, 11) is 1.51. The monoisotopic (exact) mass is 303 g/mol. The number of rotatable bonds is 4. The van der Waals surface area contributed by atoms with Crippen LogP contribution >= 0.6 is 0 Å². The molecule has 1 amide bonds. The lowest BCUT2D eigenvalue weighted by Crippen LogP contribution is -2.44. The minimum atomic E-state index is -1.03. The lowest BCUT2D eigenvalue weighted by molar-refractivity contribution is -0.146. The van der Waals surface area contributed by atoms with Gasteiger partial charge in [0.2, 0.25) is 5.91 Å². The molecule has 4 atom stereocenters. The first kappa shape index (κ1) is 14.6. The number of benzene rings is 1. The highest BCUT2D eigenvalue weighted by Gasteiger charge is 2.59.